The molecule has 0 spiro atoms. The van der Waals surface area contributed by atoms with Crippen LogP contribution in [-0.2, 0) is 0 Å². The van der Waals surface area contributed by atoms with Crippen molar-refractivity contribution in [2.45, 2.75) is 38.9 Å². The van der Waals surface area contributed by atoms with Crippen molar-refractivity contribution in [3.63, 3.8) is 0 Å². The van der Waals surface area contributed by atoms with Gasteiger partial charge in [-0.15, -0.1) is 8.79 Å². The Kier molecular flexibility index (Phi) is 3.92. The molecule has 0 aromatic carbocycles. The summed E-state index contributed by atoms with van der Waals surface area (Å²) in [5, 5.41) is 0. The second-order valence-electron chi connectivity index (χ2n) is 2.42. The third-order valence-electron chi connectivity index (χ3n) is 2.11. The Morgan fingerprint density at radius 2 is 1.25 bits per heavy atom. The van der Waals surface area contributed by atoms with Crippen LogP contribution in [0.5, 0.6) is 0 Å². The molecule has 0 N–H and O–H groups in total. The van der Waals surface area contributed by atoms with Gasteiger partial charge >= 0.3 is 0 Å². The lowest BCUT2D eigenvalue weighted by molar-refractivity contribution is 1.22. The molecule has 0 aliphatic rings. The molecule has 1 atom stereocenters. The monoisotopic (exact) mass is 148 g/mol. The minimum Gasteiger partial charge on any atom is -0.148 e. The molecule has 8 heavy (non-hydrogen) atoms. The normalized spacial score (nSPS) is 12.0. The molecule has 1 unspecified atom stereocenters. The van der Waals surface area contributed by atoms with Gasteiger partial charge in [0.25, 0.3) is 0 Å². The fourth-order valence-corrected chi connectivity index (χ4v) is 2.25. The summed E-state index contributed by atoms with van der Waals surface area (Å²) in [6.45, 7) is 6.94. The predicted octanol–water partition coefficient (Wildman–Crippen LogP) is 2.87. The van der Waals surface area contributed by atoms with Crippen LogP contribution in [0.3, 0.4) is 0 Å². The first kappa shape index (κ1) is 8.65. The van der Waals surface area contributed by atoms with E-state index in [-0.39, 0.29) is 0 Å². The summed E-state index contributed by atoms with van der Waals surface area (Å²) in [7, 11) is 2.33. The molecule has 0 nitrogen and oxygen atoms in total. The van der Waals surface area contributed by atoms with Crippen LogP contribution in [0.1, 0.15) is 20.8 Å². The maximum Gasteiger partial charge on any atom is 0.0737 e. The molecule has 0 saturated carbocycles. The molecule has 0 radical (unpaired) electrons. The van der Waals surface area contributed by atoms with Crippen molar-refractivity contribution < 1.29 is 0 Å². The first-order valence-corrected chi connectivity index (χ1v) is 7.90. The molecule has 2 heteroatoms. The molecule has 0 aliphatic carbocycles. The van der Waals surface area contributed by atoms with E-state index in [4.69, 9.17) is 0 Å². The van der Waals surface area contributed by atoms with Gasteiger partial charge in [-0.3, -0.25) is 0 Å². The molecule has 0 heterocycles. The first-order valence-electron chi connectivity index (χ1n) is 3.47. The fraction of sp³-hybridized carbons (Fsp3) is 1.00. The highest BCUT2D eigenvalue weighted by molar-refractivity contribution is 7.69. The van der Waals surface area contributed by atoms with Gasteiger partial charge in [-0.25, -0.2) is 0 Å². The molecule has 0 bridgehead atoms. The summed E-state index contributed by atoms with van der Waals surface area (Å²) < 4.78 is 0. The van der Waals surface area contributed by atoms with Crippen molar-refractivity contribution in [3.05, 3.63) is 0 Å². The summed E-state index contributed by atoms with van der Waals surface area (Å²) in [4.78, 5) is 0. The molecular weight excluding hydrogens is 131 g/mol. The summed E-state index contributed by atoms with van der Waals surface area (Å²) in [6, 6.07) is 4.26. The third kappa shape index (κ3) is 2.28. The average molecular weight is 148 g/mol. The zero-order valence-corrected chi connectivity index (χ0v) is 8.35. The molecule has 0 saturated heterocycles. The maximum absolute atomic E-state index is 3.08. The highest BCUT2D eigenvalue weighted by atomic mass is 31.3. The standard InChI is InChI=1S/C6H17PSi/c1-4-8(7,5-2)6-3/h4-7H2,1-3H3. The van der Waals surface area contributed by atoms with Crippen LogP contribution in [0.2, 0.25) is 18.1 Å². The van der Waals surface area contributed by atoms with Crippen LogP contribution in [0.4, 0.5) is 0 Å². The van der Waals surface area contributed by atoms with Crippen molar-refractivity contribution in [1.29, 1.82) is 0 Å². The second-order valence-corrected chi connectivity index (χ2v) is 10.9. The topological polar surface area (TPSA) is 0 Å². The van der Waals surface area contributed by atoms with E-state index in [9.17, 15) is 0 Å². The molecule has 0 aromatic heterocycles. The van der Waals surface area contributed by atoms with Gasteiger partial charge in [-0.1, -0.05) is 38.9 Å². The number of hydrogen-bond donors (Lipinski definition) is 0. The van der Waals surface area contributed by atoms with Gasteiger partial charge in [-0.2, -0.15) is 0 Å². The molecule has 0 rings (SSSR count). The van der Waals surface area contributed by atoms with Gasteiger partial charge in [0.05, 0.1) is 7.74 Å². The van der Waals surface area contributed by atoms with Crippen molar-refractivity contribution in [3.8, 4) is 0 Å². The third-order valence-corrected chi connectivity index (χ3v) is 10.0. The Morgan fingerprint density at radius 1 is 1.00 bits per heavy atom. The summed E-state index contributed by atoms with van der Waals surface area (Å²) >= 11 is 0. The predicted molar refractivity (Wildman–Crippen MR) is 46.9 cm³/mol. The van der Waals surface area contributed by atoms with Crippen LogP contribution in [0.25, 0.3) is 0 Å². The quantitative estimate of drug-likeness (QED) is 0.426. The van der Waals surface area contributed by atoms with Gasteiger partial charge in [0.1, 0.15) is 0 Å². The van der Waals surface area contributed by atoms with Crippen molar-refractivity contribution in [2.24, 2.45) is 0 Å². The molecule has 50 valence electrons. The average Bonchev–Trinajstić information content (AvgIpc) is 1.87. The largest absolute Gasteiger partial charge is 0.148 e. The first-order chi connectivity index (χ1) is 3.68. The molecular formula is C6H17PSi. The Labute approximate surface area is 56.1 Å². The lowest BCUT2D eigenvalue weighted by Crippen LogP contribution is -2.21. The number of hydrogen-bond acceptors (Lipinski definition) is 0. The van der Waals surface area contributed by atoms with Gasteiger partial charge in [0.15, 0.2) is 0 Å². The smallest absolute Gasteiger partial charge is 0.0737 e. The summed E-state index contributed by atoms with van der Waals surface area (Å²) in [5.74, 6) is 0. The van der Waals surface area contributed by atoms with Gasteiger partial charge < -0.3 is 0 Å². The minimum absolute atomic E-state index is 0.755. The Bertz CT molecular complexity index is 51.3. The molecule has 0 aliphatic heterocycles. The van der Waals surface area contributed by atoms with Gasteiger partial charge in [0, 0.05) is 0 Å². The van der Waals surface area contributed by atoms with Crippen molar-refractivity contribution in [2.75, 3.05) is 0 Å². The second kappa shape index (κ2) is 3.63. The van der Waals surface area contributed by atoms with Gasteiger partial charge in [-0.05, 0) is 0 Å². The highest BCUT2D eigenvalue weighted by Gasteiger charge is 2.18. The Hall–Kier alpha value is 0.647. The van der Waals surface area contributed by atoms with E-state index < -0.39 is 7.74 Å². The zero-order chi connectivity index (χ0) is 6.62. The van der Waals surface area contributed by atoms with E-state index in [1.807, 2.05) is 0 Å². The van der Waals surface area contributed by atoms with E-state index in [0.717, 1.165) is 0 Å². The Morgan fingerprint density at radius 3 is 1.25 bits per heavy atom. The SMILES string of the molecule is CC[Si](P)(CC)CC. The van der Waals surface area contributed by atoms with E-state index in [2.05, 4.69) is 29.6 Å². The van der Waals surface area contributed by atoms with Crippen LogP contribution < -0.4 is 0 Å². The lowest BCUT2D eigenvalue weighted by atomic mass is 10.9. The van der Waals surface area contributed by atoms with E-state index in [0.29, 0.717) is 0 Å². The number of rotatable bonds is 3. The molecule has 0 fully saturated rings. The van der Waals surface area contributed by atoms with Crippen LogP contribution >= 0.6 is 8.79 Å². The van der Waals surface area contributed by atoms with E-state index in [1.54, 1.807) is 0 Å². The van der Waals surface area contributed by atoms with E-state index in [1.165, 1.54) is 18.1 Å². The maximum atomic E-state index is 3.08. The summed E-state index contributed by atoms with van der Waals surface area (Å²) in [6.07, 6.45) is 0. The van der Waals surface area contributed by atoms with Crippen LogP contribution in [-0.4, -0.2) is 7.74 Å². The lowest BCUT2D eigenvalue weighted by Gasteiger charge is -2.20. The Balaban J connectivity index is 3.58. The van der Waals surface area contributed by atoms with Crippen LogP contribution in [0, 0.1) is 0 Å². The van der Waals surface area contributed by atoms with Crippen LogP contribution in [0.15, 0.2) is 0 Å². The summed E-state index contributed by atoms with van der Waals surface area (Å²) in [5.41, 5.74) is 0. The van der Waals surface area contributed by atoms with Crippen molar-refractivity contribution >= 4 is 16.5 Å². The van der Waals surface area contributed by atoms with Gasteiger partial charge in [0.2, 0.25) is 0 Å². The minimum atomic E-state index is -0.755. The highest BCUT2D eigenvalue weighted by Crippen LogP contribution is 2.26. The zero-order valence-electron chi connectivity index (χ0n) is 6.20. The molecule has 0 aromatic rings. The fourth-order valence-electron chi connectivity index (χ4n) is 0.750. The molecule has 0 amide bonds. The van der Waals surface area contributed by atoms with E-state index >= 15 is 0 Å². The van der Waals surface area contributed by atoms with Crippen molar-refractivity contribution in [1.82, 2.24) is 0 Å².